The van der Waals surface area contributed by atoms with Crippen LogP contribution in [0.15, 0.2) is 37.1 Å². The molecule has 96 valence electrons. The zero-order valence-corrected chi connectivity index (χ0v) is 11.2. The molecule has 0 fully saturated rings. The lowest BCUT2D eigenvalue weighted by Crippen LogP contribution is -2.20. The van der Waals surface area contributed by atoms with Crippen molar-refractivity contribution in [3.05, 3.63) is 48.3 Å². The first-order valence-electron chi connectivity index (χ1n) is 6.32. The lowest BCUT2D eigenvalue weighted by atomic mass is 10.1. The summed E-state index contributed by atoms with van der Waals surface area (Å²) in [5.74, 6) is 0. The molecule has 0 aromatic carbocycles. The molecule has 2 aromatic rings. The van der Waals surface area contributed by atoms with Crippen LogP contribution in [0.5, 0.6) is 0 Å². The fourth-order valence-electron chi connectivity index (χ4n) is 1.94. The SMILES string of the molecule is CC(C)n1cncc1CN[C@@H](C)c1cccnc1. The van der Waals surface area contributed by atoms with Crippen molar-refractivity contribution in [2.75, 3.05) is 0 Å². The van der Waals surface area contributed by atoms with Crippen molar-refractivity contribution in [2.24, 2.45) is 0 Å². The van der Waals surface area contributed by atoms with Crippen LogP contribution in [0.1, 0.15) is 44.1 Å². The Morgan fingerprint density at radius 2 is 2.06 bits per heavy atom. The third kappa shape index (κ3) is 2.96. The van der Waals surface area contributed by atoms with Gasteiger partial charge in [-0.15, -0.1) is 0 Å². The van der Waals surface area contributed by atoms with E-state index in [4.69, 9.17) is 0 Å². The summed E-state index contributed by atoms with van der Waals surface area (Å²) in [5, 5.41) is 3.50. The highest BCUT2D eigenvalue weighted by Crippen LogP contribution is 2.13. The number of nitrogens with one attached hydrogen (secondary N) is 1. The van der Waals surface area contributed by atoms with E-state index in [9.17, 15) is 0 Å². The summed E-state index contributed by atoms with van der Waals surface area (Å²) in [6.45, 7) is 7.28. The highest BCUT2D eigenvalue weighted by atomic mass is 15.1. The molecule has 0 unspecified atom stereocenters. The van der Waals surface area contributed by atoms with Gasteiger partial charge in [0.15, 0.2) is 0 Å². The van der Waals surface area contributed by atoms with Gasteiger partial charge in [-0.05, 0) is 32.4 Å². The van der Waals surface area contributed by atoms with Crippen LogP contribution in [0.25, 0.3) is 0 Å². The van der Waals surface area contributed by atoms with Gasteiger partial charge in [0, 0.05) is 37.2 Å². The highest BCUT2D eigenvalue weighted by Gasteiger charge is 2.08. The number of hydrogen-bond acceptors (Lipinski definition) is 3. The van der Waals surface area contributed by atoms with Crippen LogP contribution in [-0.4, -0.2) is 14.5 Å². The molecule has 4 nitrogen and oxygen atoms in total. The van der Waals surface area contributed by atoms with E-state index in [1.165, 1.54) is 11.3 Å². The maximum Gasteiger partial charge on any atom is 0.0951 e. The lowest BCUT2D eigenvalue weighted by molar-refractivity contribution is 0.518. The molecular formula is C14H20N4. The van der Waals surface area contributed by atoms with E-state index in [2.05, 4.69) is 46.7 Å². The molecule has 0 saturated heterocycles. The molecule has 4 heteroatoms. The van der Waals surface area contributed by atoms with Crippen molar-refractivity contribution in [1.82, 2.24) is 19.9 Å². The second kappa shape index (κ2) is 5.78. The smallest absolute Gasteiger partial charge is 0.0951 e. The zero-order valence-electron chi connectivity index (χ0n) is 11.2. The van der Waals surface area contributed by atoms with E-state index in [-0.39, 0.29) is 6.04 Å². The van der Waals surface area contributed by atoms with Crippen LogP contribution >= 0.6 is 0 Å². The van der Waals surface area contributed by atoms with Gasteiger partial charge in [0.2, 0.25) is 0 Å². The van der Waals surface area contributed by atoms with Crippen LogP contribution in [0.3, 0.4) is 0 Å². The second-order valence-corrected chi connectivity index (χ2v) is 4.77. The van der Waals surface area contributed by atoms with Gasteiger partial charge in [-0.3, -0.25) is 4.98 Å². The van der Waals surface area contributed by atoms with Gasteiger partial charge in [-0.1, -0.05) is 6.07 Å². The molecule has 0 aliphatic carbocycles. The van der Waals surface area contributed by atoms with Gasteiger partial charge in [0.05, 0.1) is 12.0 Å². The predicted octanol–water partition coefficient (Wildman–Crippen LogP) is 2.71. The van der Waals surface area contributed by atoms with E-state index in [1.54, 1.807) is 6.20 Å². The minimum atomic E-state index is 0.286. The minimum absolute atomic E-state index is 0.286. The summed E-state index contributed by atoms with van der Waals surface area (Å²) in [5.41, 5.74) is 2.41. The Kier molecular flexibility index (Phi) is 4.10. The zero-order chi connectivity index (χ0) is 13.0. The molecule has 18 heavy (non-hydrogen) atoms. The average Bonchev–Trinajstić information content (AvgIpc) is 2.85. The molecule has 0 aliphatic heterocycles. The van der Waals surface area contributed by atoms with Crippen LogP contribution in [-0.2, 0) is 6.54 Å². The molecule has 2 heterocycles. The normalized spacial score (nSPS) is 12.9. The number of nitrogens with zero attached hydrogens (tertiary/aromatic N) is 3. The second-order valence-electron chi connectivity index (χ2n) is 4.77. The molecular weight excluding hydrogens is 224 g/mol. The molecule has 1 atom stereocenters. The third-order valence-electron chi connectivity index (χ3n) is 3.08. The van der Waals surface area contributed by atoms with E-state index < -0.39 is 0 Å². The van der Waals surface area contributed by atoms with Gasteiger partial charge in [-0.25, -0.2) is 4.98 Å². The monoisotopic (exact) mass is 244 g/mol. The van der Waals surface area contributed by atoms with E-state index in [0.717, 1.165) is 6.54 Å². The van der Waals surface area contributed by atoms with E-state index >= 15 is 0 Å². The number of imidazole rings is 1. The van der Waals surface area contributed by atoms with Crippen molar-refractivity contribution in [3.8, 4) is 0 Å². The van der Waals surface area contributed by atoms with Crippen molar-refractivity contribution in [3.63, 3.8) is 0 Å². The Morgan fingerprint density at radius 1 is 1.22 bits per heavy atom. The Morgan fingerprint density at radius 3 is 2.72 bits per heavy atom. The van der Waals surface area contributed by atoms with Crippen molar-refractivity contribution < 1.29 is 0 Å². The maximum atomic E-state index is 4.20. The van der Waals surface area contributed by atoms with Crippen molar-refractivity contribution in [1.29, 1.82) is 0 Å². The Labute approximate surface area is 108 Å². The van der Waals surface area contributed by atoms with Crippen molar-refractivity contribution in [2.45, 2.75) is 39.4 Å². The van der Waals surface area contributed by atoms with Gasteiger partial charge in [0.25, 0.3) is 0 Å². The van der Waals surface area contributed by atoms with E-state index in [0.29, 0.717) is 6.04 Å². The standard InChI is InChI=1S/C14H20N4/c1-11(2)18-10-16-8-14(18)9-17-12(3)13-5-4-6-15-7-13/h4-8,10-12,17H,9H2,1-3H3/t12-/m0/s1. The number of hydrogen-bond donors (Lipinski definition) is 1. The summed E-state index contributed by atoms with van der Waals surface area (Å²) in [6.07, 6.45) is 7.50. The Balaban J connectivity index is 1.97. The first kappa shape index (κ1) is 12.8. The fraction of sp³-hybridized carbons (Fsp3) is 0.429. The summed E-state index contributed by atoms with van der Waals surface area (Å²) < 4.78 is 2.18. The number of rotatable bonds is 5. The molecule has 2 rings (SSSR count). The first-order valence-corrected chi connectivity index (χ1v) is 6.32. The molecule has 0 amide bonds. The topological polar surface area (TPSA) is 42.7 Å². The van der Waals surface area contributed by atoms with Gasteiger partial charge in [0.1, 0.15) is 0 Å². The largest absolute Gasteiger partial charge is 0.331 e. The third-order valence-corrected chi connectivity index (χ3v) is 3.08. The maximum absolute atomic E-state index is 4.20. The van der Waals surface area contributed by atoms with E-state index in [1.807, 2.05) is 24.8 Å². The Hall–Kier alpha value is -1.68. The quantitative estimate of drug-likeness (QED) is 0.879. The molecule has 0 radical (unpaired) electrons. The Bertz CT molecular complexity index is 476. The highest BCUT2D eigenvalue weighted by molar-refractivity contribution is 5.13. The number of pyridine rings is 1. The molecule has 0 aliphatic rings. The minimum Gasteiger partial charge on any atom is -0.331 e. The predicted molar refractivity (Wildman–Crippen MR) is 72.1 cm³/mol. The number of aromatic nitrogens is 3. The summed E-state index contributed by atoms with van der Waals surface area (Å²) >= 11 is 0. The summed E-state index contributed by atoms with van der Waals surface area (Å²) in [6, 6.07) is 4.78. The van der Waals surface area contributed by atoms with Gasteiger partial charge < -0.3 is 9.88 Å². The summed E-state index contributed by atoms with van der Waals surface area (Å²) in [7, 11) is 0. The van der Waals surface area contributed by atoms with Crippen LogP contribution in [0.4, 0.5) is 0 Å². The van der Waals surface area contributed by atoms with Crippen LogP contribution in [0, 0.1) is 0 Å². The summed E-state index contributed by atoms with van der Waals surface area (Å²) in [4.78, 5) is 8.34. The lowest BCUT2D eigenvalue weighted by Gasteiger charge is -2.16. The van der Waals surface area contributed by atoms with Gasteiger partial charge in [-0.2, -0.15) is 0 Å². The fourth-order valence-corrected chi connectivity index (χ4v) is 1.94. The average molecular weight is 244 g/mol. The molecule has 0 spiro atoms. The molecule has 0 bridgehead atoms. The van der Waals surface area contributed by atoms with Crippen LogP contribution < -0.4 is 5.32 Å². The van der Waals surface area contributed by atoms with Crippen molar-refractivity contribution >= 4 is 0 Å². The van der Waals surface area contributed by atoms with Crippen LogP contribution in [0.2, 0.25) is 0 Å². The molecule has 0 saturated carbocycles. The first-order chi connectivity index (χ1) is 8.68. The molecule has 1 N–H and O–H groups in total. The molecule has 2 aromatic heterocycles. The van der Waals surface area contributed by atoms with Gasteiger partial charge >= 0.3 is 0 Å².